The van der Waals surface area contributed by atoms with Crippen LogP contribution in [0.4, 0.5) is 14.5 Å². The van der Waals surface area contributed by atoms with Gasteiger partial charge in [0.05, 0.1) is 6.04 Å². The van der Waals surface area contributed by atoms with Crippen molar-refractivity contribution in [3.63, 3.8) is 0 Å². The number of fused-ring (bicyclic) bond motifs is 1. The molecule has 3 N–H and O–H groups in total. The van der Waals surface area contributed by atoms with Crippen molar-refractivity contribution in [1.82, 2.24) is 15.5 Å². The second-order valence-corrected chi connectivity index (χ2v) is 8.71. The molecule has 0 aliphatic carbocycles. The van der Waals surface area contributed by atoms with Crippen molar-refractivity contribution in [1.29, 1.82) is 0 Å². The van der Waals surface area contributed by atoms with Gasteiger partial charge in [-0.1, -0.05) is 44.2 Å². The fourth-order valence-corrected chi connectivity index (χ4v) is 4.00. The molecular formula is C25H31ClF2N4O3. The predicted molar refractivity (Wildman–Crippen MR) is 132 cm³/mol. The molecule has 10 heteroatoms. The number of para-hydroxylation sites is 1. The van der Waals surface area contributed by atoms with E-state index in [1.165, 1.54) is 11.0 Å². The molecule has 3 amide bonds. The summed E-state index contributed by atoms with van der Waals surface area (Å²) in [6, 6.07) is 7.94. The molecule has 0 bridgehead atoms. The standard InChI is InChI=1S/C25H30F2N4O3.ClH/c1-14(2)20(29-23(32)15(3)28-4)25(34)31-13-12-16-8-5-6-9-17(16)22(31)24(33)30-21-18(26)10-7-11-19(21)27;/h5-11,14-15,20,22,28H,12-13H2,1-4H3,(H,29,32)(H,30,33);1H/t15?,20?,22-;/m0./s1. The van der Waals surface area contributed by atoms with Crippen molar-refractivity contribution in [2.24, 2.45) is 5.92 Å². The van der Waals surface area contributed by atoms with Crippen molar-refractivity contribution in [2.45, 2.75) is 45.3 Å². The normalized spacial score (nSPS) is 16.5. The van der Waals surface area contributed by atoms with Crippen molar-refractivity contribution < 1.29 is 23.2 Å². The highest BCUT2D eigenvalue weighted by atomic mass is 35.5. The molecule has 0 radical (unpaired) electrons. The summed E-state index contributed by atoms with van der Waals surface area (Å²) in [4.78, 5) is 40.9. The number of rotatable bonds is 7. The zero-order valence-corrected chi connectivity index (χ0v) is 20.9. The van der Waals surface area contributed by atoms with Crippen LogP contribution in [-0.4, -0.2) is 48.3 Å². The van der Waals surface area contributed by atoms with E-state index < -0.39 is 47.3 Å². The van der Waals surface area contributed by atoms with Crippen molar-refractivity contribution >= 4 is 35.8 Å². The number of hydrogen-bond donors (Lipinski definition) is 3. The molecule has 2 unspecified atom stereocenters. The molecule has 3 rings (SSSR count). The average molecular weight is 509 g/mol. The average Bonchev–Trinajstić information content (AvgIpc) is 2.82. The van der Waals surface area contributed by atoms with E-state index in [1.54, 1.807) is 40.0 Å². The Balaban J connectivity index is 0.00000432. The van der Waals surface area contributed by atoms with Crippen LogP contribution in [0.1, 0.15) is 37.9 Å². The van der Waals surface area contributed by atoms with Crippen LogP contribution < -0.4 is 16.0 Å². The number of nitrogens with zero attached hydrogens (tertiary/aromatic N) is 1. The SMILES string of the molecule is CNC(C)C(=O)NC(C(=O)N1CCc2ccccc2[C@H]1C(=O)Nc1c(F)cccc1F)C(C)C.Cl. The number of carbonyl (C=O) groups is 3. The summed E-state index contributed by atoms with van der Waals surface area (Å²) in [5.41, 5.74) is 0.878. The molecule has 0 spiro atoms. The predicted octanol–water partition coefficient (Wildman–Crippen LogP) is 3.20. The highest BCUT2D eigenvalue weighted by Crippen LogP contribution is 2.32. The summed E-state index contributed by atoms with van der Waals surface area (Å²) in [7, 11) is 1.64. The molecule has 35 heavy (non-hydrogen) atoms. The van der Waals surface area contributed by atoms with Crippen LogP contribution in [0.15, 0.2) is 42.5 Å². The van der Waals surface area contributed by atoms with Crippen molar-refractivity contribution in [3.05, 3.63) is 65.2 Å². The Hall–Kier alpha value is -3.04. The molecular weight excluding hydrogens is 478 g/mol. The van der Waals surface area contributed by atoms with Crippen LogP contribution >= 0.6 is 12.4 Å². The van der Waals surface area contributed by atoms with E-state index >= 15 is 0 Å². The Labute approximate surface area is 210 Å². The van der Waals surface area contributed by atoms with Gasteiger partial charge in [0, 0.05) is 6.54 Å². The summed E-state index contributed by atoms with van der Waals surface area (Å²) in [5, 5.41) is 7.93. The van der Waals surface area contributed by atoms with E-state index in [4.69, 9.17) is 0 Å². The Kier molecular flexibility index (Phi) is 9.73. The Bertz CT molecular complexity index is 1060. The molecule has 3 atom stereocenters. The van der Waals surface area contributed by atoms with E-state index in [-0.39, 0.29) is 30.8 Å². The van der Waals surface area contributed by atoms with E-state index in [0.717, 1.165) is 17.7 Å². The molecule has 1 aliphatic heterocycles. The first-order chi connectivity index (χ1) is 16.1. The lowest BCUT2D eigenvalue weighted by atomic mass is 9.90. The van der Waals surface area contributed by atoms with Gasteiger partial charge in [-0.25, -0.2) is 8.78 Å². The molecule has 1 aliphatic rings. The van der Waals surface area contributed by atoms with Gasteiger partial charge >= 0.3 is 0 Å². The summed E-state index contributed by atoms with van der Waals surface area (Å²) in [6.07, 6.45) is 0.505. The van der Waals surface area contributed by atoms with Gasteiger partial charge in [0.25, 0.3) is 5.91 Å². The van der Waals surface area contributed by atoms with Gasteiger partial charge in [-0.15, -0.1) is 12.4 Å². The maximum atomic E-state index is 14.2. The number of benzene rings is 2. The van der Waals surface area contributed by atoms with E-state index in [0.29, 0.717) is 12.0 Å². The van der Waals surface area contributed by atoms with Crippen LogP contribution in [0.3, 0.4) is 0 Å². The number of likely N-dealkylation sites (N-methyl/N-ethyl adjacent to an activating group) is 1. The highest BCUT2D eigenvalue weighted by molar-refractivity contribution is 6.00. The third-order valence-electron chi connectivity index (χ3n) is 6.08. The second-order valence-electron chi connectivity index (χ2n) is 8.71. The van der Waals surface area contributed by atoms with Crippen LogP contribution in [0.5, 0.6) is 0 Å². The highest BCUT2D eigenvalue weighted by Gasteiger charge is 2.40. The van der Waals surface area contributed by atoms with Crippen molar-refractivity contribution in [2.75, 3.05) is 18.9 Å². The minimum atomic E-state index is -1.11. The van der Waals surface area contributed by atoms with Gasteiger partial charge < -0.3 is 20.9 Å². The second kappa shape index (κ2) is 12.1. The number of halogens is 3. The summed E-state index contributed by atoms with van der Waals surface area (Å²) < 4.78 is 28.5. The zero-order chi connectivity index (χ0) is 25.0. The minimum Gasteiger partial charge on any atom is -0.343 e. The van der Waals surface area contributed by atoms with E-state index in [1.807, 2.05) is 12.1 Å². The summed E-state index contributed by atoms with van der Waals surface area (Å²) in [5.74, 6) is -3.60. The first-order valence-corrected chi connectivity index (χ1v) is 11.3. The molecule has 1 heterocycles. The van der Waals surface area contributed by atoms with Gasteiger partial charge in [-0.05, 0) is 49.6 Å². The third kappa shape index (κ3) is 6.15. The molecule has 0 saturated carbocycles. The Morgan fingerprint density at radius 2 is 1.63 bits per heavy atom. The van der Waals surface area contributed by atoms with Crippen LogP contribution in [0, 0.1) is 17.6 Å². The lowest BCUT2D eigenvalue weighted by molar-refractivity contribution is -0.144. The maximum absolute atomic E-state index is 14.2. The van der Waals surface area contributed by atoms with Crippen LogP contribution in [0.2, 0.25) is 0 Å². The van der Waals surface area contributed by atoms with E-state index in [9.17, 15) is 23.2 Å². The number of carbonyl (C=O) groups excluding carboxylic acids is 3. The molecule has 2 aromatic carbocycles. The summed E-state index contributed by atoms with van der Waals surface area (Å²) in [6.45, 7) is 5.49. The summed E-state index contributed by atoms with van der Waals surface area (Å²) >= 11 is 0. The lowest BCUT2D eigenvalue weighted by Crippen LogP contribution is -2.57. The number of anilines is 1. The molecule has 190 valence electrons. The van der Waals surface area contributed by atoms with Crippen LogP contribution in [0.25, 0.3) is 0 Å². The van der Waals surface area contributed by atoms with Gasteiger partial charge in [-0.3, -0.25) is 14.4 Å². The molecule has 0 fully saturated rings. The molecule has 0 aromatic heterocycles. The minimum absolute atomic E-state index is 0. The Morgan fingerprint density at radius 3 is 2.23 bits per heavy atom. The monoisotopic (exact) mass is 508 g/mol. The number of nitrogens with one attached hydrogen (secondary N) is 3. The van der Waals surface area contributed by atoms with Gasteiger partial charge in [0.1, 0.15) is 29.4 Å². The Morgan fingerprint density at radius 1 is 1.00 bits per heavy atom. The number of amides is 3. The molecule has 2 aromatic rings. The maximum Gasteiger partial charge on any atom is 0.251 e. The van der Waals surface area contributed by atoms with Crippen LogP contribution in [-0.2, 0) is 20.8 Å². The van der Waals surface area contributed by atoms with Crippen molar-refractivity contribution in [3.8, 4) is 0 Å². The first-order valence-electron chi connectivity index (χ1n) is 11.3. The van der Waals surface area contributed by atoms with E-state index in [2.05, 4.69) is 16.0 Å². The largest absolute Gasteiger partial charge is 0.343 e. The van der Waals surface area contributed by atoms with Gasteiger partial charge in [0.2, 0.25) is 11.8 Å². The molecule has 0 saturated heterocycles. The quantitative estimate of drug-likeness (QED) is 0.536. The smallest absolute Gasteiger partial charge is 0.251 e. The lowest BCUT2D eigenvalue weighted by Gasteiger charge is -2.39. The van der Waals surface area contributed by atoms with Gasteiger partial charge in [-0.2, -0.15) is 0 Å². The third-order valence-corrected chi connectivity index (χ3v) is 6.08. The van der Waals surface area contributed by atoms with Gasteiger partial charge in [0.15, 0.2) is 0 Å². The first kappa shape index (κ1) is 28.2. The topological polar surface area (TPSA) is 90.5 Å². The fraction of sp³-hybridized carbons (Fsp3) is 0.400. The fourth-order valence-electron chi connectivity index (χ4n) is 4.00. The molecule has 7 nitrogen and oxygen atoms in total. The zero-order valence-electron chi connectivity index (χ0n) is 20.1. The number of hydrogen-bond acceptors (Lipinski definition) is 4.